The number of carbonyl (C=O) groups excluding carboxylic acids is 2. The molecule has 2 aromatic rings. The molecule has 0 radical (unpaired) electrons. The highest BCUT2D eigenvalue weighted by atomic mass is 79.9. The van der Waals surface area contributed by atoms with Crippen molar-refractivity contribution in [3.8, 4) is 0 Å². The summed E-state index contributed by atoms with van der Waals surface area (Å²) in [5.41, 5.74) is 1.15. The summed E-state index contributed by atoms with van der Waals surface area (Å²) >= 11 is 3.38. The highest BCUT2D eigenvalue weighted by Gasteiger charge is 2.18. The van der Waals surface area contributed by atoms with Crippen molar-refractivity contribution in [3.05, 3.63) is 34.4 Å². The van der Waals surface area contributed by atoms with Crippen molar-refractivity contribution in [3.63, 3.8) is 0 Å². The number of carbonyl (C=O) groups is 2. The third-order valence-electron chi connectivity index (χ3n) is 2.89. The van der Waals surface area contributed by atoms with Crippen LogP contribution in [-0.4, -0.2) is 30.0 Å². The number of hydrogen-bond donors (Lipinski definition) is 2. The van der Waals surface area contributed by atoms with Crippen LogP contribution in [0.2, 0.25) is 0 Å². The van der Waals surface area contributed by atoms with Crippen LogP contribution in [0.1, 0.15) is 24.3 Å². The highest BCUT2D eigenvalue weighted by molar-refractivity contribution is 9.10. The van der Waals surface area contributed by atoms with Crippen LogP contribution in [0, 0.1) is 5.92 Å². The first kappa shape index (κ1) is 15.6. The van der Waals surface area contributed by atoms with E-state index in [4.69, 9.17) is 4.74 Å². The SMILES string of the molecule is CC(C)CNC(=O)COC(=O)c1[nH]c2ccccc2c1Br. The number of rotatable bonds is 5. The van der Waals surface area contributed by atoms with E-state index in [0.717, 1.165) is 10.9 Å². The number of esters is 1. The van der Waals surface area contributed by atoms with Gasteiger partial charge in [0.2, 0.25) is 0 Å². The van der Waals surface area contributed by atoms with Crippen molar-refractivity contribution in [1.29, 1.82) is 0 Å². The van der Waals surface area contributed by atoms with Gasteiger partial charge < -0.3 is 15.0 Å². The van der Waals surface area contributed by atoms with Gasteiger partial charge >= 0.3 is 5.97 Å². The first-order valence-corrected chi connectivity index (χ1v) is 7.48. The zero-order valence-electron chi connectivity index (χ0n) is 11.9. The van der Waals surface area contributed by atoms with Crippen molar-refractivity contribution in [1.82, 2.24) is 10.3 Å². The van der Waals surface area contributed by atoms with Crippen LogP contribution in [0.5, 0.6) is 0 Å². The molecule has 0 saturated carbocycles. The molecule has 0 spiro atoms. The van der Waals surface area contributed by atoms with E-state index >= 15 is 0 Å². The van der Waals surface area contributed by atoms with Gasteiger partial charge in [-0.25, -0.2) is 4.79 Å². The summed E-state index contributed by atoms with van der Waals surface area (Å²) < 4.78 is 5.66. The number of amides is 1. The Hall–Kier alpha value is -1.82. The molecule has 1 aromatic carbocycles. The Labute approximate surface area is 131 Å². The smallest absolute Gasteiger partial charge is 0.356 e. The first-order valence-electron chi connectivity index (χ1n) is 6.69. The lowest BCUT2D eigenvalue weighted by molar-refractivity contribution is -0.124. The number of halogens is 1. The zero-order chi connectivity index (χ0) is 15.4. The fourth-order valence-corrected chi connectivity index (χ4v) is 2.43. The third kappa shape index (κ3) is 3.85. The highest BCUT2D eigenvalue weighted by Crippen LogP contribution is 2.27. The number of H-pyrrole nitrogens is 1. The Morgan fingerprint density at radius 3 is 2.71 bits per heavy atom. The summed E-state index contributed by atoms with van der Waals surface area (Å²) in [6, 6.07) is 7.52. The molecule has 6 heteroatoms. The summed E-state index contributed by atoms with van der Waals surface area (Å²) in [4.78, 5) is 26.5. The average Bonchev–Trinajstić information content (AvgIpc) is 2.80. The summed E-state index contributed by atoms with van der Waals surface area (Å²) in [6.07, 6.45) is 0. The van der Waals surface area contributed by atoms with Gasteiger partial charge in [0.15, 0.2) is 6.61 Å². The Kier molecular flexibility index (Phi) is 5.01. The van der Waals surface area contributed by atoms with E-state index in [9.17, 15) is 9.59 Å². The van der Waals surface area contributed by atoms with E-state index in [2.05, 4.69) is 26.2 Å². The van der Waals surface area contributed by atoms with Crippen LogP contribution in [-0.2, 0) is 9.53 Å². The molecule has 1 heterocycles. The number of ether oxygens (including phenoxy) is 1. The Bertz CT molecular complexity index is 664. The fraction of sp³-hybridized carbons (Fsp3) is 0.333. The molecular weight excluding hydrogens is 336 g/mol. The second kappa shape index (κ2) is 6.76. The van der Waals surface area contributed by atoms with Crippen molar-refractivity contribution >= 4 is 38.7 Å². The summed E-state index contributed by atoms with van der Waals surface area (Å²) in [6.45, 7) is 4.27. The quantitative estimate of drug-likeness (QED) is 0.812. The molecular formula is C15H17BrN2O3. The lowest BCUT2D eigenvalue weighted by Gasteiger charge is -2.08. The molecule has 1 amide bonds. The molecule has 2 N–H and O–H groups in total. The Balaban J connectivity index is 1.99. The van der Waals surface area contributed by atoms with Gasteiger partial charge in [-0.05, 0) is 27.9 Å². The van der Waals surface area contributed by atoms with Gasteiger partial charge in [0.25, 0.3) is 5.91 Å². The largest absolute Gasteiger partial charge is 0.451 e. The van der Waals surface area contributed by atoms with Gasteiger partial charge in [-0.1, -0.05) is 32.0 Å². The molecule has 0 aliphatic rings. The third-order valence-corrected chi connectivity index (χ3v) is 3.71. The topological polar surface area (TPSA) is 71.2 Å². The minimum atomic E-state index is -0.558. The molecule has 0 aliphatic carbocycles. The van der Waals surface area contributed by atoms with Gasteiger partial charge in [-0.15, -0.1) is 0 Å². The lowest BCUT2D eigenvalue weighted by Crippen LogP contribution is -2.31. The summed E-state index contributed by atoms with van der Waals surface area (Å²) in [7, 11) is 0. The van der Waals surface area contributed by atoms with E-state index in [1.54, 1.807) is 0 Å². The average molecular weight is 353 g/mol. The molecule has 0 atom stereocenters. The molecule has 0 aliphatic heterocycles. The second-order valence-electron chi connectivity index (χ2n) is 5.13. The molecule has 2 rings (SSSR count). The predicted molar refractivity (Wildman–Crippen MR) is 84.1 cm³/mol. The lowest BCUT2D eigenvalue weighted by atomic mass is 10.2. The minimum Gasteiger partial charge on any atom is -0.451 e. The van der Waals surface area contributed by atoms with Gasteiger partial charge in [0, 0.05) is 17.4 Å². The molecule has 5 nitrogen and oxygen atoms in total. The Morgan fingerprint density at radius 1 is 1.33 bits per heavy atom. The fourth-order valence-electron chi connectivity index (χ4n) is 1.82. The summed E-state index contributed by atoms with van der Waals surface area (Å²) in [5.74, 6) is -0.505. The monoisotopic (exact) mass is 352 g/mol. The van der Waals surface area contributed by atoms with Crippen LogP contribution in [0.15, 0.2) is 28.7 Å². The number of fused-ring (bicyclic) bond motifs is 1. The number of benzene rings is 1. The van der Waals surface area contributed by atoms with Gasteiger partial charge in [0.1, 0.15) is 5.69 Å². The molecule has 21 heavy (non-hydrogen) atoms. The first-order chi connectivity index (χ1) is 9.99. The minimum absolute atomic E-state index is 0.284. The number of para-hydroxylation sites is 1. The molecule has 0 fully saturated rings. The number of nitrogens with one attached hydrogen (secondary N) is 2. The number of hydrogen-bond acceptors (Lipinski definition) is 3. The van der Waals surface area contributed by atoms with E-state index in [-0.39, 0.29) is 12.5 Å². The van der Waals surface area contributed by atoms with E-state index in [1.165, 1.54) is 0 Å². The Morgan fingerprint density at radius 2 is 2.05 bits per heavy atom. The van der Waals surface area contributed by atoms with Crippen LogP contribution < -0.4 is 5.32 Å². The molecule has 0 unspecified atom stereocenters. The molecule has 0 saturated heterocycles. The maximum atomic E-state index is 12.0. The van der Waals surface area contributed by atoms with Crippen molar-refractivity contribution in [2.75, 3.05) is 13.2 Å². The van der Waals surface area contributed by atoms with Crippen LogP contribution in [0.4, 0.5) is 0 Å². The number of aromatic amines is 1. The summed E-state index contributed by atoms with van der Waals surface area (Å²) in [5, 5.41) is 3.59. The van der Waals surface area contributed by atoms with Crippen molar-refractivity contribution in [2.45, 2.75) is 13.8 Å². The van der Waals surface area contributed by atoms with Gasteiger partial charge in [-0.2, -0.15) is 0 Å². The molecule has 112 valence electrons. The normalized spacial score (nSPS) is 10.9. The maximum absolute atomic E-state index is 12.0. The number of aromatic nitrogens is 1. The van der Waals surface area contributed by atoms with Crippen molar-refractivity contribution < 1.29 is 14.3 Å². The second-order valence-corrected chi connectivity index (χ2v) is 5.93. The van der Waals surface area contributed by atoms with Crippen LogP contribution in [0.25, 0.3) is 10.9 Å². The van der Waals surface area contributed by atoms with Gasteiger partial charge in [-0.3, -0.25) is 4.79 Å². The standard InChI is InChI=1S/C15H17BrN2O3/c1-9(2)7-17-12(19)8-21-15(20)14-13(16)10-5-3-4-6-11(10)18-14/h3-6,9,18H,7-8H2,1-2H3,(H,17,19). The van der Waals surface area contributed by atoms with E-state index < -0.39 is 5.97 Å². The molecule has 0 bridgehead atoms. The van der Waals surface area contributed by atoms with Gasteiger partial charge in [0.05, 0.1) is 4.47 Å². The van der Waals surface area contributed by atoms with Crippen LogP contribution in [0.3, 0.4) is 0 Å². The molecule has 1 aromatic heterocycles. The maximum Gasteiger partial charge on any atom is 0.356 e. The predicted octanol–water partition coefficient (Wildman–Crippen LogP) is 2.86. The van der Waals surface area contributed by atoms with Crippen LogP contribution >= 0.6 is 15.9 Å². The van der Waals surface area contributed by atoms with E-state index in [0.29, 0.717) is 22.6 Å². The zero-order valence-corrected chi connectivity index (χ0v) is 13.5. The van der Waals surface area contributed by atoms with Crippen molar-refractivity contribution in [2.24, 2.45) is 5.92 Å². The van der Waals surface area contributed by atoms with E-state index in [1.807, 2.05) is 38.1 Å².